The van der Waals surface area contributed by atoms with Gasteiger partial charge in [-0.15, -0.1) is 0 Å². The van der Waals surface area contributed by atoms with Crippen molar-refractivity contribution < 1.29 is 28.6 Å². The predicted molar refractivity (Wildman–Crippen MR) is 316 cm³/mol. The standard InChI is InChI=1S/C67H116O6/c1-4-7-10-13-16-19-22-25-28-31-34-37-39-42-45-48-51-54-57-60-66(69)72-63-64(73-67(70)61-58-55-52-49-46-43-40-36-33-30-27-24-21-18-15-12-9-6-3)62-71-65(68)59-56-53-50-47-44-41-38-35-32-29-26-23-20-17-14-11-8-5-2/h18,21,23-24,26-27,29-30,32-33,35-36,38,40,64H,4-17,19-20,22,25,28,31,34,37,39,41-63H2,1-3H3/b21-18-,26-23-,27-24-,32-29-,33-30-,38-35-,40-36-. The lowest BCUT2D eigenvalue weighted by atomic mass is 10.0. The number of carbonyl (C=O) groups excluding carboxylic acids is 3. The molecule has 0 aliphatic heterocycles. The fraction of sp³-hybridized carbons (Fsp3) is 0.746. The molecule has 420 valence electrons. The lowest BCUT2D eigenvalue weighted by molar-refractivity contribution is -0.167. The Morgan fingerprint density at radius 3 is 0.795 bits per heavy atom. The third kappa shape index (κ3) is 59.3. The largest absolute Gasteiger partial charge is 0.462 e. The Morgan fingerprint density at radius 2 is 0.493 bits per heavy atom. The Balaban J connectivity index is 4.45. The van der Waals surface area contributed by atoms with Gasteiger partial charge in [0.15, 0.2) is 6.10 Å². The molecule has 1 atom stereocenters. The smallest absolute Gasteiger partial charge is 0.306 e. The molecule has 0 fully saturated rings. The van der Waals surface area contributed by atoms with Crippen LogP contribution in [0.5, 0.6) is 0 Å². The zero-order valence-corrected chi connectivity index (χ0v) is 48.1. The number of ether oxygens (including phenoxy) is 3. The molecule has 0 rings (SSSR count). The number of carbonyl (C=O) groups is 3. The minimum atomic E-state index is -0.798. The molecule has 0 bridgehead atoms. The summed E-state index contributed by atoms with van der Waals surface area (Å²) in [6, 6.07) is 0. The molecule has 0 aromatic carbocycles. The van der Waals surface area contributed by atoms with Crippen molar-refractivity contribution in [1.82, 2.24) is 0 Å². The van der Waals surface area contributed by atoms with E-state index in [4.69, 9.17) is 14.2 Å². The number of unbranched alkanes of at least 4 members (excludes halogenated alkanes) is 36. The number of hydrogen-bond donors (Lipinski definition) is 0. The van der Waals surface area contributed by atoms with Crippen LogP contribution in [0.2, 0.25) is 0 Å². The van der Waals surface area contributed by atoms with Crippen molar-refractivity contribution in [2.75, 3.05) is 13.2 Å². The molecule has 0 aromatic rings. The van der Waals surface area contributed by atoms with E-state index in [0.717, 1.165) is 109 Å². The molecule has 0 heterocycles. The minimum absolute atomic E-state index is 0.0910. The molecule has 0 N–H and O–H groups in total. The van der Waals surface area contributed by atoms with Gasteiger partial charge in [-0.25, -0.2) is 0 Å². The van der Waals surface area contributed by atoms with E-state index in [9.17, 15) is 14.4 Å². The number of allylic oxidation sites excluding steroid dienone is 14. The molecular formula is C67H116O6. The molecule has 1 unspecified atom stereocenters. The van der Waals surface area contributed by atoms with Crippen LogP contribution in [0.25, 0.3) is 0 Å². The highest BCUT2D eigenvalue weighted by atomic mass is 16.6. The van der Waals surface area contributed by atoms with Gasteiger partial charge in [-0.2, -0.15) is 0 Å². The Kier molecular flexibility index (Phi) is 58.3. The normalized spacial score (nSPS) is 12.6. The van der Waals surface area contributed by atoms with Gasteiger partial charge in [0, 0.05) is 19.3 Å². The predicted octanol–water partition coefficient (Wildman–Crippen LogP) is 21.1. The Bertz CT molecular complexity index is 1400. The van der Waals surface area contributed by atoms with Crippen molar-refractivity contribution >= 4 is 17.9 Å². The Morgan fingerprint density at radius 1 is 0.274 bits per heavy atom. The molecule has 0 spiro atoms. The average molecular weight is 1020 g/mol. The molecule has 0 aliphatic rings. The number of hydrogen-bond acceptors (Lipinski definition) is 6. The van der Waals surface area contributed by atoms with Gasteiger partial charge in [-0.05, 0) is 70.6 Å². The zero-order chi connectivity index (χ0) is 52.9. The molecule has 0 radical (unpaired) electrons. The third-order valence-corrected chi connectivity index (χ3v) is 13.5. The van der Waals surface area contributed by atoms with E-state index in [2.05, 4.69) is 106 Å². The van der Waals surface area contributed by atoms with E-state index in [0.29, 0.717) is 19.3 Å². The first-order chi connectivity index (χ1) is 36.0. The second kappa shape index (κ2) is 61.1. The zero-order valence-electron chi connectivity index (χ0n) is 48.1. The molecule has 0 saturated carbocycles. The van der Waals surface area contributed by atoms with E-state index in [-0.39, 0.29) is 31.1 Å². The van der Waals surface area contributed by atoms with Crippen LogP contribution < -0.4 is 0 Å². The maximum atomic E-state index is 12.9. The summed E-state index contributed by atoms with van der Waals surface area (Å²) < 4.78 is 16.9. The van der Waals surface area contributed by atoms with E-state index < -0.39 is 6.10 Å². The third-order valence-electron chi connectivity index (χ3n) is 13.5. The second-order valence-electron chi connectivity index (χ2n) is 20.8. The van der Waals surface area contributed by atoms with Crippen LogP contribution in [0, 0.1) is 0 Å². The maximum absolute atomic E-state index is 12.9. The minimum Gasteiger partial charge on any atom is -0.462 e. The second-order valence-corrected chi connectivity index (χ2v) is 20.8. The van der Waals surface area contributed by atoms with Crippen molar-refractivity contribution in [2.45, 2.75) is 309 Å². The molecule has 0 amide bonds. The fourth-order valence-corrected chi connectivity index (χ4v) is 8.81. The highest BCUT2D eigenvalue weighted by Gasteiger charge is 2.19. The summed E-state index contributed by atoms with van der Waals surface area (Å²) in [5.74, 6) is -0.922. The van der Waals surface area contributed by atoms with Gasteiger partial charge in [0.05, 0.1) is 0 Å². The van der Waals surface area contributed by atoms with Crippen LogP contribution in [0.3, 0.4) is 0 Å². The molecule has 6 heteroatoms. The van der Waals surface area contributed by atoms with E-state index >= 15 is 0 Å². The Labute approximate surface area is 452 Å². The lowest BCUT2D eigenvalue weighted by Gasteiger charge is -2.18. The molecular weight excluding hydrogens is 901 g/mol. The van der Waals surface area contributed by atoms with Crippen molar-refractivity contribution in [3.05, 3.63) is 85.1 Å². The highest BCUT2D eigenvalue weighted by molar-refractivity contribution is 5.71. The summed E-state index contributed by atoms with van der Waals surface area (Å²) in [6.07, 6.45) is 80.0. The topological polar surface area (TPSA) is 78.9 Å². The van der Waals surface area contributed by atoms with Gasteiger partial charge in [-0.1, -0.05) is 298 Å². The summed E-state index contributed by atoms with van der Waals surface area (Å²) in [5, 5.41) is 0. The van der Waals surface area contributed by atoms with Crippen LogP contribution in [-0.2, 0) is 28.6 Å². The summed E-state index contributed by atoms with van der Waals surface area (Å²) >= 11 is 0. The molecule has 0 saturated heterocycles. The van der Waals surface area contributed by atoms with Crippen LogP contribution in [-0.4, -0.2) is 37.2 Å². The van der Waals surface area contributed by atoms with Gasteiger partial charge < -0.3 is 14.2 Å². The molecule has 0 aromatic heterocycles. The lowest BCUT2D eigenvalue weighted by Crippen LogP contribution is -2.30. The number of esters is 3. The molecule has 73 heavy (non-hydrogen) atoms. The summed E-state index contributed by atoms with van der Waals surface area (Å²) in [4.78, 5) is 38.3. The summed E-state index contributed by atoms with van der Waals surface area (Å²) in [7, 11) is 0. The van der Waals surface area contributed by atoms with Gasteiger partial charge in [0.25, 0.3) is 0 Å². The fourth-order valence-electron chi connectivity index (χ4n) is 8.81. The quantitative estimate of drug-likeness (QED) is 0.0261. The molecule has 6 nitrogen and oxygen atoms in total. The van der Waals surface area contributed by atoms with Gasteiger partial charge >= 0.3 is 17.9 Å². The van der Waals surface area contributed by atoms with Crippen molar-refractivity contribution in [1.29, 1.82) is 0 Å². The van der Waals surface area contributed by atoms with E-state index in [1.54, 1.807) is 0 Å². The maximum Gasteiger partial charge on any atom is 0.306 e. The van der Waals surface area contributed by atoms with Crippen molar-refractivity contribution in [3.8, 4) is 0 Å². The highest BCUT2D eigenvalue weighted by Crippen LogP contribution is 2.16. The summed E-state index contributed by atoms with van der Waals surface area (Å²) in [6.45, 7) is 6.58. The van der Waals surface area contributed by atoms with Crippen LogP contribution >= 0.6 is 0 Å². The van der Waals surface area contributed by atoms with Gasteiger partial charge in [-0.3, -0.25) is 14.4 Å². The van der Waals surface area contributed by atoms with E-state index in [1.807, 2.05) is 0 Å². The average Bonchev–Trinajstić information content (AvgIpc) is 3.39. The first kappa shape index (κ1) is 69.6. The van der Waals surface area contributed by atoms with Crippen molar-refractivity contribution in [2.24, 2.45) is 0 Å². The van der Waals surface area contributed by atoms with Gasteiger partial charge in [0.1, 0.15) is 13.2 Å². The first-order valence-corrected chi connectivity index (χ1v) is 31.2. The SMILES string of the molecule is CCCCC\C=C/C=C\C=C/C=C\CCCCCCCC(=O)OC(COC(=O)CCCCCCC\C=C/C=C\C=C/CCCCCCC)COC(=O)CCCCCCCCCCCCCCCCCCCCC. The van der Waals surface area contributed by atoms with Crippen LogP contribution in [0.15, 0.2) is 85.1 Å². The van der Waals surface area contributed by atoms with E-state index in [1.165, 1.54) is 154 Å². The first-order valence-electron chi connectivity index (χ1n) is 31.2. The number of rotatable bonds is 56. The van der Waals surface area contributed by atoms with Crippen molar-refractivity contribution in [3.63, 3.8) is 0 Å². The monoisotopic (exact) mass is 1020 g/mol. The Hall–Kier alpha value is -3.41. The van der Waals surface area contributed by atoms with Crippen LogP contribution in [0.1, 0.15) is 303 Å². The molecule has 0 aliphatic carbocycles. The summed E-state index contributed by atoms with van der Waals surface area (Å²) in [5.41, 5.74) is 0. The van der Waals surface area contributed by atoms with Gasteiger partial charge in [0.2, 0.25) is 0 Å². The van der Waals surface area contributed by atoms with Crippen LogP contribution in [0.4, 0.5) is 0 Å².